The van der Waals surface area contributed by atoms with Crippen LogP contribution in [0.15, 0.2) is 55.2 Å². The fourth-order valence-electron chi connectivity index (χ4n) is 2.28. The summed E-state index contributed by atoms with van der Waals surface area (Å²) in [5, 5.41) is 5.89. The van der Waals surface area contributed by atoms with Gasteiger partial charge >= 0.3 is 0 Å². The maximum absolute atomic E-state index is 4.32. The maximum atomic E-state index is 4.32. The topological polar surface area (TPSA) is 50.7 Å². The zero-order valence-corrected chi connectivity index (χ0v) is 11.3. The lowest BCUT2D eigenvalue weighted by Gasteiger charge is -2.15. The number of hydrogen-bond acceptors (Lipinski definition) is 4. The molecule has 0 radical (unpaired) electrons. The molecular weight excluding hydrogens is 248 g/mol. The van der Waals surface area contributed by atoms with Gasteiger partial charge in [0.2, 0.25) is 0 Å². The van der Waals surface area contributed by atoms with Crippen LogP contribution in [0.4, 0.5) is 0 Å². The number of hydrogen-bond donors (Lipinski definition) is 1. The fourth-order valence-corrected chi connectivity index (χ4v) is 2.28. The van der Waals surface area contributed by atoms with Crippen LogP contribution in [0.3, 0.4) is 0 Å². The molecular formula is C16H16N4. The Balaban J connectivity index is 1.80. The van der Waals surface area contributed by atoms with Gasteiger partial charge in [-0.1, -0.05) is 24.3 Å². The van der Waals surface area contributed by atoms with Gasteiger partial charge in [0.15, 0.2) is 0 Å². The van der Waals surface area contributed by atoms with Crippen molar-refractivity contribution in [3.05, 3.63) is 66.5 Å². The Bertz CT molecular complexity index is 692. The summed E-state index contributed by atoms with van der Waals surface area (Å²) >= 11 is 0. The quantitative estimate of drug-likeness (QED) is 0.787. The number of pyridine rings is 1. The molecule has 0 aliphatic rings. The molecule has 0 saturated carbocycles. The first-order valence-corrected chi connectivity index (χ1v) is 6.65. The maximum Gasteiger partial charge on any atom is 0.115 e. The molecule has 20 heavy (non-hydrogen) atoms. The van der Waals surface area contributed by atoms with Crippen LogP contribution in [0.5, 0.6) is 0 Å². The standard InChI is InChI=1S/C16H16N4/c1-12(19-9-14-6-7-17-11-20-14)16-10-18-8-13-4-2-3-5-15(13)16/h2-8,10-12,19H,9H2,1H3. The summed E-state index contributed by atoms with van der Waals surface area (Å²) in [6, 6.07) is 10.4. The molecule has 2 heterocycles. The van der Waals surface area contributed by atoms with Gasteiger partial charge in [0.1, 0.15) is 6.33 Å². The molecule has 0 fully saturated rings. The third kappa shape index (κ3) is 2.65. The summed E-state index contributed by atoms with van der Waals surface area (Å²) in [5.74, 6) is 0. The summed E-state index contributed by atoms with van der Waals surface area (Å²) in [7, 11) is 0. The van der Waals surface area contributed by atoms with Crippen LogP contribution in [0.2, 0.25) is 0 Å². The molecule has 0 bridgehead atoms. The predicted octanol–water partition coefficient (Wildman–Crippen LogP) is 2.88. The van der Waals surface area contributed by atoms with Crippen molar-refractivity contribution in [2.75, 3.05) is 0 Å². The number of aromatic nitrogens is 3. The molecule has 2 aromatic heterocycles. The second kappa shape index (κ2) is 5.75. The molecule has 3 aromatic rings. The first-order chi connectivity index (χ1) is 9.84. The van der Waals surface area contributed by atoms with Gasteiger partial charge in [0.25, 0.3) is 0 Å². The number of nitrogens with zero attached hydrogens (tertiary/aromatic N) is 3. The normalized spacial score (nSPS) is 12.4. The average Bonchev–Trinajstić information content (AvgIpc) is 2.53. The average molecular weight is 264 g/mol. The van der Waals surface area contributed by atoms with Crippen molar-refractivity contribution in [3.8, 4) is 0 Å². The third-order valence-corrected chi connectivity index (χ3v) is 3.40. The molecule has 0 spiro atoms. The Morgan fingerprint density at radius 1 is 1.10 bits per heavy atom. The van der Waals surface area contributed by atoms with Crippen LogP contribution in [0, 0.1) is 0 Å². The number of rotatable bonds is 4. The lowest BCUT2D eigenvalue weighted by Crippen LogP contribution is -2.19. The predicted molar refractivity (Wildman–Crippen MR) is 79.0 cm³/mol. The molecule has 1 N–H and O–H groups in total. The van der Waals surface area contributed by atoms with E-state index in [1.807, 2.05) is 24.5 Å². The van der Waals surface area contributed by atoms with E-state index in [2.05, 4.69) is 45.4 Å². The van der Waals surface area contributed by atoms with Crippen molar-refractivity contribution < 1.29 is 0 Å². The molecule has 0 aliphatic heterocycles. The highest BCUT2D eigenvalue weighted by Crippen LogP contribution is 2.22. The van der Waals surface area contributed by atoms with E-state index in [1.165, 1.54) is 16.3 Å². The minimum absolute atomic E-state index is 0.212. The molecule has 0 amide bonds. The molecule has 4 nitrogen and oxygen atoms in total. The summed E-state index contributed by atoms with van der Waals surface area (Å²) in [5.41, 5.74) is 2.19. The van der Waals surface area contributed by atoms with Crippen molar-refractivity contribution in [3.63, 3.8) is 0 Å². The van der Waals surface area contributed by atoms with Gasteiger partial charge in [0.05, 0.1) is 5.69 Å². The van der Waals surface area contributed by atoms with Gasteiger partial charge in [0, 0.05) is 36.6 Å². The number of fused-ring (bicyclic) bond motifs is 1. The molecule has 4 heteroatoms. The van der Waals surface area contributed by atoms with E-state index < -0.39 is 0 Å². The summed E-state index contributed by atoms with van der Waals surface area (Å²) in [4.78, 5) is 12.5. The Hall–Kier alpha value is -2.33. The van der Waals surface area contributed by atoms with Gasteiger partial charge in [-0.15, -0.1) is 0 Å². The molecule has 1 atom stereocenters. The number of benzene rings is 1. The molecule has 0 aliphatic carbocycles. The monoisotopic (exact) mass is 264 g/mol. The van der Waals surface area contributed by atoms with Gasteiger partial charge in [-0.25, -0.2) is 9.97 Å². The SMILES string of the molecule is CC(NCc1ccncn1)c1cncc2ccccc12. The van der Waals surface area contributed by atoms with Crippen LogP contribution in [0.1, 0.15) is 24.2 Å². The highest BCUT2D eigenvalue weighted by molar-refractivity contribution is 5.84. The largest absolute Gasteiger partial charge is 0.304 e. The minimum Gasteiger partial charge on any atom is -0.304 e. The molecule has 1 aromatic carbocycles. The van der Waals surface area contributed by atoms with Gasteiger partial charge in [-0.05, 0) is 23.9 Å². The second-order valence-corrected chi connectivity index (χ2v) is 4.75. The van der Waals surface area contributed by atoms with E-state index in [-0.39, 0.29) is 6.04 Å². The Labute approximate surface area is 117 Å². The van der Waals surface area contributed by atoms with E-state index in [4.69, 9.17) is 0 Å². The first kappa shape index (κ1) is 12.7. The highest BCUT2D eigenvalue weighted by Gasteiger charge is 2.09. The first-order valence-electron chi connectivity index (χ1n) is 6.65. The van der Waals surface area contributed by atoms with Crippen LogP contribution >= 0.6 is 0 Å². The zero-order chi connectivity index (χ0) is 13.8. The third-order valence-electron chi connectivity index (χ3n) is 3.40. The fraction of sp³-hybridized carbons (Fsp3) is 0.188. The second-order valence-electron chi connectivity index (χ2n) is 4.75. The zero-order valence-electron chi connectivity index (χ0n) is 11.3. The van der Waals surface area contributed by atoms with Crippen molar-refractivity contribution in [1.29, 1.82) is 0 Å². The van der Waals surface area contributed by atoms with E-state index in [9.17, 15) is 0 Å². The van der Waals surface area contributed by atoms with E-state index in [0.717, 1.165) is 5.69 Å². The van der Waals surface area contributed by atoms with E-state index >= 15 is 0 Å². The van der Waals surface area contributed by atoms with E-state index in [1.54, 1.807) is 12.5 Å². The Kier molecular flexibility index (Phi) is 3.65. The molecule has 1 unspecified atom stereocenters. The highest BCUT2D eigenvalue weighted by atomic mass is 14.9. The molecule has 3 rings (SSSR count). The Morgan fingerprint density at radius 2 is 2.00 bits per heavy atom. The minimum atomic E-state index is 0.212. The van der Waals surface area contributed by atoms with E-state index in [0.29, 0.717) is 6.54 Å². The smallest absolute Gasteiger partial charge is 0.115 e. The van der Waals surface area contributed by atoms with Gasteiger partial charge < -0.3 is 5.32 Å². The summed E-state index contributed by atoms with van der Waals surface area (Å²) in [6.07, 6.45) is 7.16. The van der Waals surface area contributed by atoms with Crippen LogP contribution < -0.4 is 5.32 Å². The van der Waals surface area contributed by atoms with Crippen molar-refractivity contribution in [1.82, 2.24) is 20.3 Å². The van der Waals surface area contributed by atoms with Crippen LogP contribution in [-0.4, -0.2) is 15.0 Å². The van der Waals surface area contributed by atoms with Crippen molar-refractivity contribution in [2.45, 2.75) is 19.5 Å². The number of nitrogens with one attached hydrogen (secondary N) is 1. The summed E-state index contributed by atoms with van der Waals surface area (Å²) in [6.45, 7) is 2.86. The lowest BCUT2D eigenvalue weighted by atomic mass is 10.0. The van der Waals surface area contributed by atoms with Crippen molar-refractivity contribution in [2.24, 2.45) is 0 Å². The lowest BCUT2D eigenvalue weighted by molar-refractivity contribution is 0.569. The van der Waals surface area contributed by atoms with Crippen molar-refractivity contribution >= 4 is 10.8 Å². The summed E-state index contributed by atoms with van der Waals surface area (Å²) < 4.78 is 0. The molecule has 100 valence electrons. The van der Waals surface area contributed by atoms with Gasteiger partial charge in [-0.2, -0.15) is 0 Å². The van der Waals surface area contributed by atoms with Crippen LogP contribution in [0.25, 0.3) is 10.8 Å². The molecule has 0 saturated heterocycles. The van der Waals surface area contributed by atoms with Gasteiger partial charge in [-0.3, -0.25) is 4.98 Å². The van der Waals surface area contributed by atoms with Crippen LogP contribution in [-0.2, 0) is 6.54 Å². The Morgan fingerprint density at radius 3 is 2.85 bits per heavy atom.